The predicted molar refractivity (Wildman–Crippen MR) is 65.2 cm³/mol. The first-order valence-electron chi connectivity index (χ1n) is 5.31. The normalized spacial score (nSPS) is 17.4. The van der Waals surface area contributed by atoms with E-state index in [1.807, 2.05) is 0 Å². The van der Waals surface area contributed by atoms with Crippen LogP contribution in [0.1, 0.15) is 37.7 Å². The Labute approximate surface area is 94.2 Å². The molecule has 0 N–H and O–H groups in total. The number of allylic oxidation sites excluding steroid dienone is 2. The van der Waals surface area contributed by atoms with Gasteiger partial charge in [0, 0.05) is 4.47 Å². The number of rotatable bonds is 1. The molecule has 0 radical (unpaired) electrons. The van der Waals surface area contributed by atoms with Crippen molar-refractivity contribution >= 4 is 21.5 Å². The second-order valence-electron chi connectivity index (χ2n) is 3.84. The first-order chi connectivity index (χ1) is 6.86. The lowest BCUT2D eigenvalue weighted by molar-refractivity contribution is 0.720. The zero-order valence-corrected chi connectivity index (χ0v) is 9.89. The monoisotopic (exact) mass is 250 g/mol. The Hall–Kier alpha value is -0.560. The highest BCUT2D eigenvalue weighted by molar-refractivity contribution is 9.10. The molecule has 74 valence electrons. The molecule has 1 aliphatic rings. The van der Waals surface area contributed by atoms with Crippen LogP contribution in [0.4, 0.5) is 0 Å². The van der Waals surface area contributed by atoms with Crippen molar-refractivity contribution in [1.82, 2.24) is 0 Å². The molecule has 0 saturated carbocycles. The Morgan fingerprint density at radius 1 is 0.929 bits per heavy atom. The summed E-state index contributed by atoms with van der Waals surface area (Å²) in [5.74, 6) is 0. The molecule has 0 heterocycles. The van der Waals surface area contributed by atoms with Gasteiger partial charge in [0.2, 0.25) is 0 Å². The molecule has 0 saturated heterocycles. The van der Waals surface area contributed by atoms with Crippen LogP contribution in [0.2, 0.25) is 0 Å². The average molecular weight is 251 g/mol. The first kappa shape index (κ1) is 9.97. The minimum Gasteiger partial charge on any atom is -0.0807 e. The van der Waals surface area contributed by atoms with Crippen molar-refractivity contribution in [2.75, 3.05) is 0 Å². The zero-order valence-electron chi connectivity index (χ0n) is 8.30. The van der Waals surface area contributed by atoms with Crippen molar-refractivity contribution in [3.05, 3.63) is 40.4 Å². The lowest BCUT2D eigenvalue weighted by atomic mass is 10.0. The van der Waals surface area contributed by atoms with Crippen LogP contribution in [0.5, 0.6) is 0 Å². The van der Waals surface area contributed by atoms with E-state index in [4.69, 9.17) is 0 Å². The molecule has 1 aromatic carbocycles. The molecule has 0 bridgehead atoms. The quantitative estimate of drug-likeness (QED) is 0.672. The van der Waals surface area contributed by atoms with Crippen molar-refractivity contribution in [2.24, 2.45) is 0 Å². The van der Waals surface area contributed by atoms with E-state index >= 15 is 0 Å². The molecule has 0 aliphatic heterocycles. The van der Waals surface area contributed by atoms with Crippen molar-refractivity contribution in [2.45, 2.75) is 32.1 Å². The SMILES string of the molecule is Brc1ccc(C2=CCCCCC2)cc1. The molecule has 0 nitrogen and oxygen atoms in total. The molecule has 1 aliphatic carbocycles. The van der Waals surface area contributed by atoms with E-state index in [0.29, 0.717) is 0 Å². The Bertz CT molecular complexity index is 322. The summed E-state index contributed by atoms with van der Waals surface area (Å²) < 4.78 is 1.16. The minimum absolute atomic E-state index is 1.16. The first-order valence-corrected chi connectivity index (χ1v) is 6.10. The summed E-state index contributed by atoms with van der Waals surface area (Å²) in [6.45, 7) is 0. The van der Waals surface area contributed by atoms with Gasteiger partial charge in [-0.25, -0.2) is 0 Å². The number of hydrogen-bond acceptors (Lipinski definition) is 0. The Balaban J connectivity index is 2.20. The Morgan fingerprint density at radius 3 is 2.50 bits per heavy atom. The molecule has 0 fully saturated rings. The number of hydrogen-bond donors (Lipinski definition) is 0. The van der Waals surface area contributed by atoms with Gasteiger partial charge >= 0.3 is 0 Å². The smallest absolute Gasteiger partial charge is 0.0175 e. The lowest BCUT2D eigenvalue weighted by Crippen LogP contribution is -1.83. The Morgan fingerprint density at radius 2 is 1.71 bits per heavy atom. The van der Waals surface area contributed by atoms with Crippen LogP contribution in [0.3, 0.4) is 0 Å². The fourth-order valence-corrected chi connectivity index (χ4v) is 2.21. The highest BCUT2D eigenvalue weighted by atomic mass is 79.9. The van der Waals surface area contributed by atoms with Gasteiger partial charge in [0.15, 0.2) is 0 Å². The summed E-state index contributed by atoms with van der Waals surface area (Å²) in [5, 5.41) is 0. The van der Waals surface area contributed by atoms with Crippen LogP contribution < -0.4 is 0 Å². The van der Waals surface area contributed by atoms with E-state index < -0.39 is 0 Å². The third-order valence-electron chi connectivity index (χ3n) is 2.76. The standard InChI is InChI=1S/C13H15Br/c14-13-9-7-12(8-10-13)11-5-3-1-2-4-6-11/h5,7-10H,1-4,6H2. The molecule has 0 unspecified atom stereocenters. The van der Waals surface area contributed by atoms with Crippen molar-refractivity contribution in [3.63, 3.8) is 0 Å². The number of halogens is 1. The predicted octanol–water partition coefficient (Wildman–Crippen LogP) is 4.80. The molecule has 1 aromatic rings. The summed E-state index contributed by atoms with van der Waals surface area (Å²) in [5.41, 5.74) is 2.94. The van der Waals surface area contributed by atoms with Gasteiger partial charge in [-0.1, -0.05) is 40.6 Å². The van der Waals surface area contributed by atoms with E-state index in [9.17, 15) is 0 Å². The minimum atomic E-state index is 1.16. The van der Waals surface area contributed by atoms with Crippen molar-refractivity contribution in [3.8, 4) is 0 Å². The van der Waals surface area contributed by atoms with Gasteiger partial charge in [0.05, 0.1) is 0 Å². The molecular formula is C13H15Br. The van der Waals surface area contributed by atoms with E-state index in [1.165, 1.54) is 43.2 Å². The summed E-state index contributed by atoms with van der Waals surface area (Å²) in [6, 6.07) is 8.67. The molecular weight excluding hydrogens is 236 g/mol. The van der Waals surface area contributed by atoms with E-state index in [-0.39, 0.29) is 0 Å². The third kappa shape index (κ3) is 2.48. The maximum atomic E-state index is 3.47. The maximum absolute atomic E-state index is 3.47. The van der Waals surface area contributed by atoms with Crippen molar-refractivity contribution in [1.29, 1.82) is 0 Å². The molecule has 0 amide bonds. The van der Waals surface area contributed by atoms with Crippen LogP contribution >= 0.6 is 15.9 Å². The molecule has 0 spiro atoms. The molecule has 14 heavy (non-hydrogen) atoms. The third-order valence-corrected chi connectivity index (χ3v) is 3.28. The van der Waals surface area contributed by atoms with Crippen LogP contribution in [0, 0.1) is 0 Å². The van der Waals surface area contributed by atoms with E-state index in [1.54, 1.807) is 0 Å². The van der Waals surface area contributed by atoms with Gasteiger partial charge in [0.1, 0.15) is 0 Å². The van der Waals surface area contributed by atoms with E-state index in [2.05, 4.69) is 46.3 Å². The molecule has 0 atom stereocenters. The van der Waals surface area contributed by atoms with Gasteiger partial charge < -0.3 is 0 Å². The maximum Gasteiger partial charge on any atom is 0.0175 e. The van der Waals surface area contributed by atoms with Crippen LogP contribution in [-0.2, 0) is 0 Å². The molecule has 1 heteroatoms. The van der Waals surface area contributed by atoms with Crippen molar-refractivity contribution < 1.29 is 0 Å². The average Bonchev–Trinajstić information content (AvgIpc) is 2.47. The second-order valence-corrected chi connectivity index (χ2v) is 4.75. The lowest BCUT2D eigenvalue weighted by Gasteiger charge is -2.05. The Kier molecular flexibility index (Phi) is 3.41. The highest BCUT2D eigenvalue weighted by Crippen LogP contribution is 2.26. The van der Waals surface area contributed by atoms with Crippen LogP contribution in [-0.4, -0.2) is 0 Å². The van der Waals surface area contributed by atoms with Gasteiger partial charge in [-0.3, -0.25) is 0 Å². The van der Waals surface area contributed by atoms with Gasteiger partial charge in [-0.2, -0.15) is 0 Å². The van der Waals surface area contributed by atoms with Crippen LogP contribution in [0.25, 0.3) is 5.57 Å². The van der Waals surface area contributed by atoms with Gasteiger partial charge in [-0.05, 0) is 49.0 Å². The molecule has 0 aromatic heterocycles. The topological polar surface area (TPSA) is 0 Å². The van der Waals surface area contributed by atoms with Gasteiger partial charge in [0.25, 0.3) is 0 Å². The largest absolute Gasteiger partial charge is 0.0807 e. The van der Waals surface area contributed by atoms with Gasteiger partial charge in [-0.15, -0.1) is 0 Å². The zero-order chi connectivity index (χ0) is 9.80. The summed E-state index contributed by atoms with van der Waals surface area (Å²) in [4.78, 5) is 0. The fraction of sp³-hybridized carbons (Fsp3) is 0.385. The fourth-order valence-electron chi connectivity index (χ4n) is 1.94. The summed E-state index contributed by atoms with van der Waals surface area (Å²) >= 11 is 3.47. The van der Waals surface area contributed by atoms with E-state index in [0.717, 1.165) is 4.47 Å². The second kappa shape index (κ2) is 4.79. The highest BCUT2D eigenvalue weighted by Gasteiger charge is 2.04. The van der Waals surface area contributed by atoms with Crippen LogP contribution in [0.15, 0.2) is 34.8 Å². The molecule has 2 rings (SSSR count). The number of benzene rings is 1. The summed E-state index contributed by atoms with van der Waals surface area (Å²) in [7, 11) is 0. The summed E-state index contributed by atoms with van der Waals surface area (Å²) in [6.07, 6.45) is 9.02.